The van der Waals surface area contributed by atoms with Gasteiger partial charge in [-0.15, -0.1) is 0 Å². The van der Waals surface area contributed by atoms with Crippen molar-refractivity contribution < 1.29 is 14.1 Å². The van der Waals surface area contributed by atoms with E-state index in [9.17, 15) is 14.1 Å². The van der Waals surface area contributed by atoms with Crippen LogP contribution in [0.4, 0.5) is 0 Å². The Morgan fingerprint density at radius 2 is 1.79 bits per heavy atom. The van der Waals surface area contributed by atoms with E-state index in [1.807, 2.05) is 0 Å². The molecule has 0 aromatic heterocycles. The molecule has 1 unspecified atom stereocenters. The molecule has 4 N–H and O–H groups in total. The fourth-order valence-corrected chi connectivity index (χ4v) is 1.69. The van der Waals surface area contributed by atoms with Crippen LogP contribution in [0.15, 0.2) is 16.8 Å². The number of hydrogen-bond acceptors (Lipinski definition) is 3. The van der Waals surface area contributed by atoms with Crippen LogP contribution >= 0.6 is 0 Å². The molecule has 0 heterocycles. The van der Waals surface area contributed by atoms with Crippen LogP contribution in [0.5, 0.6) is 0 Å². The van der Waals surface area contributed by atoms with Crippen molar-refractivity contribution in [2.45, 2.75) is 39.4 Å². The zero-order chi connectivity index (χ0) is 15.4. The summed E-state index contributed by atoms with van der Waals surface area (Å²) in [4.78, 5) is 15.6. The first-order chi connectivity index (χ1) is 8.42. The fourth-order valence-electron chi connectivity index (χ4n) is 0.975. The highest BCUT2D eigenvalue weighted by atomic mass is 32.2. The van der Waals surface area contributed by atoms with E-state index in [0.717, 1.165) is 0 Å². The first-order valence-electron chi connectivity index (χ1n) is 5.82. The van der Waals surface area contributed by atoms with Gasteiger partial charge in [0.05, 0.1) is 0 Å². The van der Waals surface area contributed by atoms with Crippen molar-refractivity contribution in [3.63, 3.8) is 0 Å². The highest BCUT2D eigenvalue weighted by molar-refractivity contribution is 7.85. The fraction of sp³-hybridized carbons (Fsp3) is 0.667. The van der Waals surface area contributed by atoms with E-state index in [0.29, 0.717) is 0 Å². The van der Waals surface area contributed by atoms with E-state index in [1.54, 1.807) is 20.8 Å². The highest BCUT2D eigenvalue weighted by Gasteiger charge is 2.34. The van der Waals surface area contributed by atoms with Crippen LogP contribution in [0, 0.1) is 5.41 Å². The van der Waals surface area contributed by atoms with Crippen molar-refractivity contribution >= 4 is 22.7 Å². The lowest BCUT2D eigenvalue weighted by Crippen LogP contribution is -2.41. The molecule has 6 nitrogen and oxygen atoms in total. The van der Waals surface area contributed by atoms with Crippen molar-refractivity contribution in [1.29, 1.82) is 0 Å². The van der Waals surface area contributed by atoms with Gasteiger partial charge in [0.2, 0.25) is 0 Å². The van der Waals surface area contributed by atoms with E-state index in [1.165, 1.54) is 27.0 Å². The minimum Gasteiger partial charge on any atom is -0.512 e. The summed E-state index contributed by atoms with van der Waals surface area (Å²) in [5, 5.41) is 9.74. The van der Waals surface area contributed by atoms with Crippen molar-refractivity contribution in [2.24, 2.45) is 16.1 Å². The quantitative estimate of drug-likeness (QED) is 0.408. The first kappa shape index (κ1) is 17.8. The largest absolute Gasteiger partial charge is 0.512 e. The van der Waals surface area contributed by atoms with Crippen LogP contribution in [0.1, 0.15) is 34.6 Å². The summed E-state index contributed by atoms with van der Waals surface area (Å²) in [6.45, 7) is 8.41. The highest BCUT2D eigenvalue weighted by Crippen LogP contribution is 2.22. The van der Waals surface area contributed by atoms with Gasteiger partial charge in [-0.2, -0.15) is 4.99 Å². The lowest BCUT2D eigenvalue weighted by Gasteiger charge is -2.19. The number of aliphatic hydroxyl groups is 1. The van der Waals surface area contributed by atoms with Crippen LogP contribution in [-0.2, 0) is 15.8 Å². The van der Waals surface area contributed by atoms with E-state index in [-0.39, 0.29) is 11.6 Å². The summed E-state index contributed by atoms with van der Waals surface area (Å²) in [5.74, 6) is -0.705. The maximum absolute atomic E-state index is 11.9. The third-order valence-electron chi connectivity index (χ3n) is 2.45. The van der Waals surface area contributed by atoms with Crippen LogP contribution in [0.2, 0.25) is 0 Å². The Morgan fingerprint density at radius 3 is 2.16 bits per heavy atom. The van der Waals surface area contributed by atoms with Gasteiger partial charge in [0.1, 0.15) is 27.3 Å². The summed E-state index contributed by atoms with van der Waals surface area (Å²) in [6, 6.07) is 0. The maximum atomic E-state index is 11.9. The van der Waals surface area contributed by atoms with Gasteiger partial charge < -0.3 is 10.8 Å². The van der Waals surface area contributed by atoms with Crippen molar-refractivity contribution in [1.82, 2.24) is 4.72 Å². The molecule has 19 heavy (non-hydrogen) atoms. The standard InChI is InChI=1S/C12H23N3O3S/c1-11(2,3)8(16)7-9(13)15-10(17)12(4,5)19(18)14-6/h7,14,16H,1-6H3,(H2,13,15,17)/b8-7-. The van der Waals surface area contributed by atoms with Crippen LogP contribution in [-0.4, -0.2) is 32.9 Å². The Labute approximate surface area is 116 Å². The Bertz CT molecular complexity index is 434. The molecule has 0 fully saturated rings. The molecule has 0 rings (SSSR count). The summed E-state index contributed by atoms with van der Waals surface area (Å²) in [6.07, 6.45) is 1.23. The molecule has 110 valence electrons. The molecule has 1 atom stereocenters. The van der Waals surface area contributed by atoms with E-state index >= 15 is 0 Å². The molecule has 0 aliphatic heterocycles. The van der Waals surface area contributed by atoms with Crippen molar-refractivity contribution in [3.05, 3.63) is 11.8 Å². The predicted octanol–water partition coefficient (Wildman–Crippen LogP) is 1.02. The Morgan fingerprint density at radius 1 is 1.32 bits per heavy atom. The second-order valence-electron chi connectivity index (χ2n) is 5.60. The number of rotatable bonds is 4. The van der Waals surface area contributed by atoms with Gasteiger partial charge in [0.25, 0.3) is 5.91 Å². The molecule has 0 aliphatic carbocycles. The van der Waals surface area contributed by atoms with Crippen LogP contribution in [0.3, 0.4) is 0 Å². The third kappa shape index (κ3) is 5.12. The summed E-state index contributed by atoms with van der Waals surface area (Å²) in [5.41, 5.74) is 5.10. The van der Waals surface area contributed by atoms with Crippen molar-refractivity contribution in [2.75, 3.05) is 7.05 Å². The molecule has 7 heteroatoms. The Kier molecular flexibility index (Phi) is 5.89. The number of amides is 1. The zero-order valence-corrected chi connectivity index (χ0v) is 13.1. The number of amidine groups is 1. The second kappa shape index (κ2) is 6.29. The van der Waals surface area contributed by atoms with Gasteiger partial charge in [-0.05, 0) is 20.9 Å². The molecule has 0 aromatic rings. The minimum atomic E-state index is -1.56. The predicted molar refractivity (Wildman–Crippen MR) is 78.1 cm³/mol. The molecule has 0 spiro atoms. The zero-order valence-electron chi connectivity index (χ0n) is 12.3. The number of nitrogens with two attached hydrogens (primary N) is 1. The first-order valence-corrected chi connectivity index (χ1v) is 6.97. The monoisotopic (exact) mass is 289 g/mol. The van der Waals surface area contributed by atoms with Gasteiger partial charge in [-0.3, -0.25) is 4.79 Å². The van der Waals surface area contributed by atoms with Gasteiger partial charge >= 0.3 is 0 Å². The van der Waals surface area contributed by atoms with E-state index in [4.69, 9.17) is 5.73 Å². The van der Waals surface area contributed by atoms with Crippen LogP contribution in [0.25, 0.3) is 0 Å². The maximum Gasteiger partial charge on any atom is 0.267 e. The smallest absolute Gasteiger partial charge is 0.267 e. The Balaban J connectivity index is 5.18. The second-order valence-corrected chi connectivity index (χ2v) is 7.57. The number of hydrogen-bond donors (Lipinski definition) is 3. The topological polar surface area (TPSA) is 105 Å². The molecule has 0 aromatic carbocycles. The molecule has 0 saturated heterocycles. The molecular formula is C12H23N3O3S. The molecule has 0 bridgehead atoms. The van der Waals surface area contributed by atoms with Gasteiger partial charge in [0.15, 0.2) is 0 Å². The molecule has 1 amide bonds. The molecule has 0 aliphatic rings. The Hall–Kier alpha value is -1.21. The van der Waals surface area contributed by atoms with Crippen molar-refractivity contribution in [3.8, 4) is 0 Å². The summed E-state index contributed by atoms with van der Waals surface area (Å²) >= 11 is 0. The number of nitrogens with one attached hydrogen (secondary N) is 1. The average molecular weight is 289 g/mol. The number of carbonyl (C=O) groups excluding carboxylic acids is 1. The SMILES string of the molecule is CNS(=O)C(C)(C)C(=O)N=C(N)/C=C(\O)C(C)(C)C. The lowest BCUT2D eigenvalue weighted by atomic mass is 9.93. The number of carbonyl (C=O) groups is 1. The van der Waals surface area contributed by atoms with E-state index in [2.05, 4.69) is 9.71 Å². The number of allylic oxidation sites excluding steroid dienone is 1. The van der Waals surface area contributed by atoms with Gasteiger partial charge in [0, 0.05) is 11.5 Å². The molecular weight excluding hydrogens is 266 g/mol. The number of aliphatic hydroxyl groups excluding tert-OH is 1. The number of nitrogens with zero attached hydrogens (tertiary/aromatic N) is 1. The minimum absolute atomic E-state index is 0.0223. The average Bonchev–Trinajstić information content (AvgIpc) is 2.25. The lowest BCUT2D eigenvalue weighted by molar-refractivity contribution is -0.119. The summed E-state index contributed by atoms with van der Waals surface area (Å²) in [7, 11) is -0.0694. The van der Waals surface area contributed by atoms with E-state index < -0.39 is 27.1 Å². The normalized spacial score (nSPS) is 16.3. The number of aliphatic imine (C=N–C) groups is 1. The molecule has 0 radical (unpaired) electrons. The van der Waals surface area contributed by atoms with Gasteiger partial charge in [-0.25, -0.2) is 8.93 Å². The van der Waals surface area contributed by atoms with Crippen LogP contribution < -0.4 is 10.5 Å². The van der Waals surface area contributed by atoms with Gasteiger partial charge in [-0.1, -0.05) is 20.8 Å². The summed E-state index contributed by atoms with van der Waals surface area (Å²) < 4.78 is 13.0. The third-order valence-corrected chi connectivity index (χ3v) is 3.92. The molecule has 0 saturated carbocycles.